The Kier molecular flexibility index (Phi) is 6.48. The Labute approximate surface area is 136 Å². The second kappa shape index (κ2) is 8.83. The van der Waals surface area contributed by atoms with Crippen LogP contribution in [0.3, 0.4) is 0 Å². The predicted molar refractivity (Wildman–Crippen MR) is 89.4 cm³/mol. The van der Waals surface area contributed by atoms with E-state index in [4.69, 9.17) is 9.47 Å². The Morgan fingerprint density at radius 2 is 1.57 bits per heavy atom. The number of ketones is 1. The first-order valence-corrected chi connectivity index (χ1v) is 7.81. The number of hydrogen-bond acceptors (Lipinski definition) is 4. The molecule has 0 aliphatic rings. The summed E-state index contributed by atoms with van der Waals surface area (Å²) < 4.78 is 11.2. The van der Waals surface area contributed by atoms with Gasteiger partial charge >= 0.3 is 0 Å². The topological polar surface area (TPSA) is 55.8 Å². The Hall–Kier alpha value is -2.49. The lowest BCUT2D eigenvalue weighted by atomic mass is 10.1. The number of phenols is 1. The first kappa shape index (κ1) is 16.9. The van der Waals surface area contributed by atoms with Crippen molar-refractivity contribution in [2.24, 2.45) is 0 Å². The highest BCUT2D eigenvalue weighted by molar-refractivity contribution is 5.97. The Morgan fingerprint density at radius 1 is 0.913 bits per heavy atom. The van der Waals surface area contributed by atoms with E-state index in [0.29, 0.717) is 24.5 Å². The van der Waals surface area contributed by atoms with Crippen LogP contribution < -0.4 is 9.47 Å². The van der Waals surface area contributed by atoms with E-state index in [1.54, 1.807) is 12.1 Å². The van der Waals surface area contributed by atoms with Gasteiger partial charge in [-0.05, 0) is 56.5 Å². The van der Waals surface area contributed by atoms with Gasteiger partial charge in [0.05, 0.1) is 18.8 Å². The molecule has 0 aliphatic carbocycles. The van der Waals surface area contributed by atoms with E-state index in [2.05, 4.69) is 0 Å². The summed E-state index contributed by atoms with van der Waals surface area (Å²) in [6.07, 6.45) is 2.88. The van der Waals surface area contributed by atoms with E-state index in [9.17, 15) is 9.90 Å². The molecule has 0 unspecified atom stereocenters. The lowest BCUT2D eigenvalue weighted by Crippen LogP contribution is -2.01. The molecule has 2 rings (SSSR count). The summed E-state index contributed by atoms with van der Waals surface area (Å²) in [5.74, 6) is 1.31. The molecular formula is C19H22O4. The van der Waals surface area contributed by atoms with E-state index >= 15 is 0 Å². The van der Waals surface area contributed by atoms with Gasteiger partial charge < -0.3 is 14.6 Å². The van der Waals surface area contributed by atoms with Gasteiger partial charge in [0.1, 0.15) is 17.2 Å². The molecule has 0 spiro atoms. The second-order valence-electron chi connectivity index (χ2n) is 5.31. The minimum Gasteiger partial charge on any atom is -0.507 e. The molecule has 0 bridgehead atoms. The molecule has 122 valence electrons. The normalized spacial score (nSPS) is 10.3. The van der Waals surface area contributed by atoms with Crippen LogP contribution in [0.5, 0.6) is 17.2 Å². The van der Waals surface area contributed by atoms with Crippen LogP contribution in [0.4, 0.5) is 0 Å². The third kappa shape index (κ3) is 5.66. The smallest absolute Gasteiger partial charge is 0.163 e. The fourth-order valence-electron chi connectivity index (χ4n) is 2.16. The first-order valence-electron chi connectivity index (χ1n) is 7.81. The van der Waals surface area contributed by atoms with Gasteiger partial charge in [0, 0.05) is 0 Å². The maximum Gasteiger partial charge on any atom is 0.163 e. The zero-order valence-electron chi connectivity index (χ0n) is 13.3. The summed E-state index contributed by atoms with van der Waals surface area (Å²) in [6, 6.07) is 14.5. The lowest BCUT2D eigenvalue weighted by Gasteiger charge is -2.09. The van der Waals surface area contributed by atoms with Gasteiger partial charge in [-0.2, -0.15) is 0 Å². The quantitative estimate of drug-likeness (QED) is 0.556. The molecule has 0 radical (unpaired) electrons. The van der Waals surface area contributed by atoms with Crippen molar-refractivity contribution in [2.75, 3.05) is 13.2 Å². The van der Waals surface area contributed by atoms with Gasteiger partial charge in [-0.15, -0.1) is 0 Å². The number of carbonyl (C=O) groups excluding carboxylic acids is 1. The van der Waals surface area contributed by atoms with Crippen LogP contribution in [0.1, 0.15) is 36.5 Å². The van der Waals surface area contributed by atoms with Crippen LogP contribution in [-0.2, 0) is 0 Å². The number of ether oxygens (including phenoxy) is 2. The van der Waals surface area contributed by atoms with E-state index in [-0.39, 0.29) is 11.5 Å². The van der Waals surface area contributed by atoms with Crippen molar-refractivity contribution in [1.29, 1.82) is 0 Å². The van der Waals surface area contributed by atoms with E-state index in [1.807, 2.05) is 30.3 Å². The summed E-state index contributed by atoms with van der Waals surface area (Å²) in [6.45, 7) is 2.69. The maximum absolute atomic E-state index is 11.4. The largest absolute Gasteiger partial charge is 0.507 e. The standard InChI is InChI=1S/C19H22O4/c1-15(20)18-14-17(10-11-19(18)21)23-13-7-3-6-12-22-16-8-4-2-5-9-16/h2,4-5,8-11,14,21H,3,6-7,12-13H2,1H3. The third-order valence-corrected chi connectivity index (χ3v) is 3.42. The highest BCUT2D eigenvalue weighted by Crippen LogP contribution is 2.23. The number of rotatable bonds is 9. The van der Waals surface area contributed by atoms with E-state index < -0.39 is 0 Å². The van der Waals surface area contributed by atoms with Crippen molar-refractivity contribution < 1.29 is 19.4 Å². The number of para-hydroxylation sites is 1. The molecule has 0 amide bonds. The fourth-order valence-corrected chi connectivity index (χ4v) is 2.16. The van der Waals surface area contributed by atoms with Gasteiger partial charge in [-0.1, -0.05) is 18.2 Å². The van der Waals surface area contributed by atoms with Crippen molar-refractivity contribution in [1.82, 2.24) is 0 Å². The predicted octanol–water partition coefficient (Wildman–Crippen LogP) is 4.22. The summed E-state index contributed by atoms with van der Waals surface area (Å²) in [5.41, 5.74) is 0.291. The minimum absolute atomic E-state index is 0.0112. The Bertz CT molecular complexity index is 623. The summed E-state index contributed by atoms with van der Waals surface area (Å²) >= 11 is 0. The Morgan fingerprint density at radius 3 is 2.22 bits per heavy atom. The van der Waals surface area contributed by atoms with Gasteiger partial charge in [0.15, 0.2) is 5.78 Å². The highest BCUT2D eigenvalue weighted by Gasteiger charge is 2.07. The monoisotopic (exact) mass is 314 g/mol. The molecule has 0 fully saturated rings. The van der Waals surface area contributed by atoms with Gasteiger partial charge in [-0.25, -0.2) is 0 Å². The number of Topliss-reactive ketones (excluding diaryl/α,β-unsaturated/α-hetero) is 1. The molecule has 2 aromatic carbocycles. The average molecular weight is 314 g/mol. The molecular weight excluding hydrogens is 292 g/mol. The second-order valence-corrected chi connectivity index (χ2v) is 5.31. The van der Waals surface area contributed by atoms with E-state index in [0.717, 1.165) is 25.0 Å². The molecule has 1 N–H and O–H groups in total. The molecule has 0 aromatic heterocycles. The number of carbonyl (C=O) groups is 1. The van der Waals surface area contributed by atoms with Crippen LogP contribution in [0.15, 0.2) is 48.5 Å². The molecule has 2 aromatic rings. The molecule has 0 saturated carbocycles. The van der Waals surface area contributed by atoms with Gasteiger partial charge in [-0.3, -0.25) is 4.79 Å². The van der Waals surface area contributed by atoms with Crippen LogP contribution in [0.25, 0.3) is 0 Å². The van der Waals surface area contributed by atoms with E-state index in [1.165, 1.54) is 13.0 Å². The number of phenolic OH excluding ortho intramolecular Hbond substituents is 1. The Balaban J connectivity index is 1.62. The van der Waals surface area contributed by atoms with Crippen molar-refractivity contribution in [3.63, 3.8) is 0 Å². The number of benzene rings is 2. The minimum atomic E-state index is -0.175. The molecule has 0 aliphatic heterocycles. The highest BCUT2D eigenvalue weighted by atomic mass is 16.5. The van der Waals surface area contributed by atoms with Crippen LogP contribution in [0.2, 0.25) is 0 Å². The van der Waals surface area contributed by atoms with Crippen molar-refractivity contribution in [3.05, 3.63) is 54.1 Å². The van der Waals surface area contributed by atoms with Crippen molar-refractivity contribution in [2.45, 2.75) is 26.2 Å². The molecule has 0 saturated heterocycles. The summed E-state index contributed by atoms with van der Waals surface area (Å²) in [5, 5.41) is 9.58. The number of aromatic hydroxyl groups is 1. The van der Waals surface area contributed by atoms with Crippen LogP contribution >= 0.6 is 0 Å². The zero-order valence-corrected chi connectivity index (χ0v) is 13.3. The van der Waals surface area contributed by atoms with Gasteiger partial charge in [0.2, 0.25) is 0 Å². The van der Waals surface area contributed by atoms with Crippen molar-refractivity contribution in [3.8, 4) is 17.2 Å². The van der Waals surface area contributed by atoms with Crippen molar-refractivity contribution >= 4 is 5.78 Å². The molecule has 4 heteroatoms. The molecule has 0 atom stereocenters. The molecule has 0 heterocycles. The molecule has 23 heavy (non-hydrogen) atoms. The summed E-state index contributed by atoms with van der Waals surface area (Å²) in [7, 11) is 0. The molecule has 4 nitrogen and oxygen atoms in total. The lowest BCUT2D eigenvalue weighted by molar-refractivity contribution is 0.101. The van der Waals surface area contributed by atoms with Crippen LogP contribution in [-0.4, -0.2) is 24.1 Å². The maximum atomic E-state index is 11.4. The zero-order chi connectivity index (χ0) is 16.5. The third-order valence-electron chi connectivity index (χ3n) is 3.42. The average Bonchev–Trinajstić information content (AvgIpc) is 2.56. The van der Waals surface area contributed by atoms with Gasteiger partial charge in [0.25, 0.3) is 0 Å². The van der Waals surface area contributed by atoms with Crippen LogP contribution in [0, 0.1) is 0 Å². The SMILES string of the molecule is CC(=O)c1cc(OCCCCCOc2ccccc2)ccc1O. The fraction of sp³-hybridized carbons (Fsp3) is 0.316. The number of hydrogen-bond donors (Lipinski definition) is 1. The number of unbranched alkanes of at least 4 members (excludes halogenated alkanes) is 2. The summed E-state index contributed by atoms with van der Waals surface area (Å²) in [4.78, 5) is 11.4. The first-order chi connectivity index (χ1) is 11.2.